The first kappa shape index (κ1) is 21.3. The van der Waals surface area contributed by atoms with Gasteiger partial charge in [0.1, 0.15) is 11.5 Å². The Morgan fingerprint density at radius 2 is 1.71 bits per heavy atom. The molecule has 0 saturated carbocycles. The molecule has 0 aliphatic carbocycles. The first-order valence-electron chi connectivity index (χ1n) is 8.53. The van der Waals surface area contributed by atoms with E-state index in [1.165, 1.54) is 25.3 Å². The summed E-state index contributed by atoms with van der Waals surface area (Å²) in [6, 6.07) is 12.4. The van der Waals surface area contributed by atoms with E-state index in [4.69, 9.17) is 4.74 Å². The van der Waals surface area contributed by atoms with Gasteiger partial charge in [-0.05, 0) is 42.8 Å². The third kappa shape index (κ3) is 7.30. The summed E-state index contributed by atoms with van der Waals surface area (Å²) in [4.78, 5) is 24.1. The molecule has 8 heteroatoms. The minimum atomic E-state index is -4.43. The highest BCUT2D eigenvalue weighted by atomic mass is 19.4. The fourth-order valence-electron chi connectivity index (χ4n) is 2.38. The van der Waals surface area contributed by atoms with Crippen LogP contribution in [0.2, 0.25) is 0 Å². The zero-order valence-corrected chi connectivity index (χ0v) is 15.2. The summed E-state index contributed by atoms with van der Waals surface area (Å²) in [5, 5.41) is 2.58. The number of Topliss-reactive ketones (excluding diaryl/α,β-unsaturated/α-hetero) is 1. The number of halogens is 3. The standard InChI is InChI=1S/C20H20F3NO4/c1-27-16-10-8-14(9-11-16)18(25)6-3-7-19(26)24-15-4-2-5-17(12-15)28-13-20(21,22)23/h2,4-5,8-12H,3,6-7,13H2,1H3,(H,24,26). The van der Waals surface area contributed by atoms with E-state index in [0.29, 0.717) is 23.4 Å². The molecule has 0 saturated heterocycles. The quantitative estimate of drug-likeness (QED) is 0.629. The van der Waals surface area contributed by atoms with Crippen LogP contribution < -0.4 is 14.8 Å². The van der Waals surface area contributed by atoms with Crippen molar-refractivity contribution in [3.05, 3.63) is 54.1 Å². The van der Waals surface area contributed by atoms with Gasteiger partial charge in [0, 0.05) is 30.2 Å². The molecule has 0 atom stereocenters. The summed E-state index contributed by atoms with van der Waals surface area (Å²) >= 11 is 0. The number of carbonyl (C=O) groups excluding carboxylic acids is 2. The van der Waals surface area contributed by atoms with Crippen LogP contribution in [0.3, 0.4) is 0 Å². The van der Waals surface area contributed by atoms with Gasteiger partial charge in [-0.1, -0.05) is 6.07 Å². The number of alkyl halides is 3. The number of benzene rings is 2. The number of carbonyl (C=O) groups is 2. The van der Waals surface area contributed by atoms with Crippen molar-refractivity contribution in [1.29, 1.82) is 0 Å². The fraction of sp³-hybridized carbons (Fsp3) is 0.300. The van der Waals surface area contributed by atoms with Crippen LogP contribution >= 0.6 is 0 Å². The Bertz CT molecular complexity index is 804. The van der Waals surface area contributed by atoms with Gasteiger partial charge < -0.3 is 14.8 Å². The number of nitrogens with one attached hydrogen (secondary N) is 1. The summed E-state index contributed by atoms with van der Waals surface area (Å²) in [6.45, 7) is -1.40. The molecule has 1 amide bonds. The van der Waals surface area contributed by atoms with E-state index >= 15 is 0 Å². The summed E-state index contributed by atoms with van der Waals surface area (Å²) in [7, 11) is 1.54. The van der Waals surface area contributed by atoms with E-state index in [-0.39, 0.29) is 30.3 Å². The highest BCUT2D eigenvalue weighted by Gasteiger charge is 2.28. The molecular formula is C20H20F3NO4. The summed E-state index contributed by atoms with van der Waals surface area (Å²) in [5.41, 5.74) is 0.863. The van der Waals surface area contributed by atoms with E-state index < -0.39 is 12.8 Å². The van der Waals surface area contributed by atoms with Crippen molar-refractivity contribution in [3.63, 3.8) is 0 Å². The molecule has 1 N–H and O–H groups in total. The Morgan fingerprint density at radius 3 is 2.36 bits per heavy atom. The lowest BCUT2D eigenvalue weighted by atomic mass is 10.1. The van der Waals surface area contributed by atoms with Crippen LogP contribution in [0.4, 0.5) is 18.9 Å². The molecule has 150 valence electrons. The van der Waals surface area contributed by atoms with Gasteiger partial charge in [0.05, 0.1) is 7.11 Å². The Hall–Kier alpha value is -3.03. The second-order valence-electron chi connectivity index (χ2n) is 5.99. The van der Waals surface area contributed by atoms with Gasteiger partial charge in [-0.2, -0.15) is 13.2 Å². The van der Waals surface area contributed by atoms with Crippen LogP contribution in [0.25, 0.3) is 0 Å². The smallest absolute Gasteiger partial charge is 0.422 e. The summed E-state index contributed by atoms with van der Waals surface area (Å²) < 4.78 is 46.2. The van der Waals surface area contributed by atoms with Gasteiger partial charge in [-0.15, -0.1) is 0 Å². The van der Waals surface area contributed by atoms with Gasteiger partial charge in [-0.25, -0.2) is 0 Å². The lowest BCUT2D eigenvalue weighted by molar-refractivity contribution is -0.153. The largest absolute Gasteiger partial charge is 0.497 e. The molecule has 0 heterocycles. The maximum absolute atomic E-state index is 12.2. The molecule has 0 fully saturated rings. The van der Waals surface area contributed by atoms with Crippen molar-refractivity contribution in [2.75, 3.05) is 19.0 Å². The predicted molar refractivity (Wildman–Crippen MR) is 97.8 cm³/mol. The van der Waals surface area contributed by atoms with Crippen molar-refractivity contribution < 1.29 is 32.2 Å². The van der Waals surface area contributed by atoms with Crippen molar-refractivity contribution >= 4 is 17.4 Å². The van der Waals surface area contributed by atoms with Gasteiger partial charge in [0.15, 0.2) is 12.4 Å². The first-order valence-corrected chi connectivity index (χ1v) is 8.53. The van der Waals surface area contributed by atoms with E-state index in [1.54, 1.807) is 30.3 Å². The number of hydrogen-bond donors (Lipinski definition) is 1. The highest BCUT2D eigenvalue weighted by molar-refractivity contribution is 5.96. The van der Waals surface area contributed by atoms with Crippen molar-refractivity contribution in [2.45, 2.75) is 25.4 Å². The zero-order chi connectivity index (χ0) is 20.6. The van der Waals surface area contributed by atoms with Crippen LogP contribution in [-0.4, -0.2) is 31.6 Å². The molecule has 2 aromatic carbocycles. The summed E-state index contributed by atoms with van der Waals surface area (Å²) in [6.07, 6.45) is -3.78. The van der Waals surface area contributed by atoms with E-state index in [9.17, 15) is 22.8 Å². The second-order valence-corrected chi connectivity index (χ2v) is 5.99. The number of anilines is 1. The number of methoxy groups -OCH3 is 1. The molecule has 0 aliphatic rings. The van der Waals surface area contributed by atoms with Gasteiger partial charge >= 0.3 is 6.18 Å². The number of rotatable bonds is 9. The maximum Gasteiger partial charge on any atom is 0.422 e. The molecule has 0 bridgehead atoms. The molecule has 5 nitrogen and oxygen atoms in total. The molecule has 0 spiro atoms. The molecule has 0 aliphatic heterocycles. The van der Waals surface area contributed by atoms with Crippen molar-refractivity contribution in [2.24, 2.45) is 0 Å². The molecule has 0 aromatic heterocycles. The maximum atomic E-state index is 12.2. The lowest BCUT2D eigenvalue weighted by Gasteiger charge is -2.11. The molecule has 28 heavy (non-hydrogen) atoms. The number of ketones is 1. The molecular weight excluding hydrogens is 375 g/mol. The topological polar surface area (TPSA) is 64.6 Å². The van der Waals surface area contributed by atoms with E-state index in [2.05, 4.69) is 10.1 Å². The van der Waals surface area contributed by atoms with Crippen LogP contribution in [0.15, 0.2) is 48.5 Å². The Labute approximate surface area is 160 Å². The molecule has 2 aromatic rings. The fourth-order valence-corrected chi connectivity index (χ4v) is 2.38. The van der Waals surface area contributed by atoms with E-state index in [0.717, 1.165) is 0 Å². The minimum Gasteiger partial charge on any atom is -0.497 e. The average molecular weight is 395 g/mol. The van der Waals surface area contributed by atoms with Crippen LogP contribution in [0.1, 0.15) is 29.6 Å². The van der Waals surface area contributed by atoms with Gasteiger partial charge in [0.25, 0.3) is 0 Å². The molecule has 0 unspecified atom stereocenters. The Balaban J connectivity index is 1.78. The lowest BCUT2D eigenvalue weighted by Crippen LogP contribution is -2.19. The van der Waals surface area contributed by atoms with Crippen molar-refractivity contribution in [1.82, 2.24) is 0 Å². The minimum absolute atomic E-state index is 0.00445. The third-order valence-electron chi connectivity index (χ3n) is 3.74. The van der Waals surface area contributed by atoms with Crippen LogP contribution in [0, 0.1) is 0 Å². The Morgan fingerprint density at radius 1 is 1.00 bits per heavy atom. The Kier molecular flexibility index (Phi) is 7.43. The van der Waals surface area contributed by atoms with Crippen LogP contribution in [-0.2, 0) is 4.79 Å². The molecule has 0 radical (unpaired) electrons. The SMILES string of the molecule is COc1ccc(C(=O)CCCC(=O)Nc2cccc(OCC(F)(F)F)c2)cc1. The monoisotopic (exact) mass is 395 g/mol. The predicted octanol–water partition coefficient (Wildman–Crippen LogP) is 4.63. The number of amides is 1. The van der Waals surface area contributed by atoms with E-state index in [1.807, 2.05) is 0 Å². The first-order chi connectivity index (χ1) is 13.3. The third-order valence-corrected chi connectivity index (χ3v) is 3.74. The number of ether oxygens (including phenoxy) is 2. The second kappa shape index (κ2) is 9.77. The molecule has 2 rings (SSSR count). The average Bonchev–Trinajstić information content (AvgIpc) is 2.66. The van der Waals surface area contributed by atoms with Crippen molar-refractivity contribution in [3.8, 4) is 11.5 Å². The zero-order valence-electron chi connectivity index (χ0n) is 15.2. The normalized spacial score (nSPS) is 11.0. The van der Waals surface area contributed by atoms with Gasteiger partial charge in [0.2, 0.25) is 5.91 Å². The number of hydrogen-bond acceptors (Lipinski definition) is 4. The van der Waals surface area contributed by atoms with Gasteiger partial charge in [-0.3, -0.25) is 9.59 Å². The summed E-state index contributed by atoms with van der Waals surface area (Å²) in [5.74, 6) is 0.232. The highest BCUT2D eigenvalue weighted by Crippen LogP contribution is 2.21. The van der Waals surface area contributed by atoms with Crippen LogP contribution in [0.5, 0.6) is 11.5 Å².